The van der Waals surface area contributed by atoms with Crippen LogP contribution in [0.25, 0.3) is 6.08 Å². The lowest BCUT2D eigenvalue weighted by molar-refractivity contribution is -0.116. The van der Waals surface area contributed by atoms with E-state index >= 15 is 0 Å². The third-order valence-corrected chi connectivity index (χ3v) is 5.37. The van der Waals surface area contributed by atoms with Gasteiger partial charge in [0.2, 0.25) is 0 Å². The first-order valence-electron chi connectivity index (χ1n) is 7.23. The number of hydrogen-bond acceptors (Lipinski definition) is 3. The molecule has 0 aliphatic heterocycles. The van der Waals surface area contributed by atoms with E-state index in [-0.39, 0.29) is 5.78 Å². The van der Waals surface area contributed by atoms with Crippen molar-refractivity contribution in [3.8, 4) is 5.75 Å². The van der Waals surface area contributed by atoms with E-state index in [0.717, 1.165) is 29.7 Å². The molecule has 0 amide bonds. The predicted molar refractivity (Wildman–Crippen MR) is 91.9 cm³/mol. The van der Waals surface area contributed by atoms with Gasteiger partial charge in [0.05, 0.1) is 12.5 Å². The number of Topliss-reactive ketones (excluding diaryl/α,β-unsaturated/α-hetero) is 1. The first kappa shape index (κ1) is 15.3. The van der Waals surface area contributed by atoms with Crippen LogP contribution in [0.2, 0.25) is 0 Å². The van der Waals surface area contributed by atoms with E-state index in [1.807, 2.05) is 36.4 Å². The van der Waals surface area contributed by atoms with Gasteiger partial charge in [-0.2, -0.15) is 0 Å². The Balaban J connectivity index is 1.86. The molecule has 0 spiro atoms. The Morgan fingerprint density at radius 3 is 2.68 bits per heavy atom. The molecule has 22 heavy (non-hydrogen) atoms. The highest BCUT2D eigenvalue weighted by molar-refractivity contribution is 7.10. The molecule has 1 aliphatic carbocycles. The Morgan fingerprint density at radius 2 is 2.05 bits per heavy atom. The van der Waals surface area contributed by atoms with Gasteiger partial charge in [-0.1, -0.05) is 18.2 Å². The van der Waals surface area contributed by atoms with Gasteiger partial charge < -0.3 is 4.74 Å². The fourth-order valence-corrected chi connectivity index (χ4v) is 3.98. The Kier molecular flexibility index (Phi) is 4.65. The molecule has 1 aromatic heterocycles. The van der Waals surface area contributed by atoms with Crippen LogP contribution in [-0.4, -0.2) is 18.3 Å². The van der Waals surface area contributed by atoms with Gasteiger partial charge in [0.1, 0.15) is 5.75 Å². The van der Waals surface area contributed by atoms with Crippen LogP contribution >= 0.6 is 22.9 Å². The Morgan fingerprint density at radius 1 is 1.27 bits per heavy atom. The van der Waals surface area contributed by atoms with Gasteiger partial charge in [-0.25, -0.2) is 0 Å². The largest absolute Gasteiger partial charge is 0.497 e. The van der Waals surface area contributed by atoms with Crippen LogP contribution in [0.1, 0.15) is 29.2 Å². The van der Waals surface area contributed by atoms with Crippen molar-refractivity contribution in [2.24, 2.45) is 0 Å². The van der Waals surface area contributed by atoms with E-state index in [1.54, 1.807) is 18.4 Å². The first-order chi connectivity index (χ1) is 10.7. The average Bonchev–Trinajstić information content (AvgIpc) is 3.07. The van der Waals surface area contributed by atoms with Crippen LogP contribution < -0.4 is 4.74 Å². The summed E-state index contributed by atoms with van der Waals surface area (Å²) >= 11 is 8.01. The second kappa shape index (κ2) is 6.67. The molecule has 0 saturated heterocycles. The van der Waals surface area contributed by atoms with Crippen LogP contribution in [0.15, 0.2) is 47.4 Å². The monoisotopic (exact) mass is 332 g/mol. The van der Waals surface area contributed by atoms with Gasteiger partial charge in [-0.15, -0.1) is 22.9 Å². The fourth-order valence-electron chi connectivity index (χ4n) is 2.78. The first-order valence-corrected chi connectivity index (χ1v) is 8.55. The minimum absolute atomic E-state index is 0.0605. The topological polar surface area (TPSA) is 26.3 Å². The molecular weight excluding hydrogens is 316 g/mol. The highest BCUT2D eigenvalue weighted by atomic mass is 35.5. The van der Waals surface area contributed by atoms with Gasteiger partial charge in [-0.3, -0.25) is 4.79 Å². The Bertz CT molecular complexity index is 674. The number of rotatable bonds is 3. The second-order valence-electron chi connectivity index (χ2n) is 5.43. The third kappa shape index (κ3) is 3.26. The number of carbonyl (C=O) groups excluding carboxylic acids is 1. The van der Waals surface area contributed by atoms with Gasteiger partial charge >= 0.3 is 0 Å². The third-order valence-electron chi connectivity index (χ3n) is 3.96. The van der Waals surface area contributed by atoms with E-state index in [9.17, 15) is 4.79 Å². The summed E-state index contributed by atoms with van der Waals surface area (Å²) in [6.07, 6.45) is 3.44. The quantitative estimate of drug-likeness (QED) is 0.590. The number of benzene rings is 1. The van der Waals surface area contributed by atoms with Gasteiger partial charge in [0.25, 0.3) is 0 Å². The number of halogens is 1. The zero-order valence-electron chi connectivity index (χ0n) is 12.3. The maximum atomic E-state index is 12.3. The number of carbonyl (C=O) groups is 1. The van der Waals surface area contributed by atoms with E-state index in [1.165, 1.54) is 4.88 Å². The van der Waals surface area contributed by atoms with Crippen LogP contribution in [0.4, 0.5) is 0 Å². The summed E-state index contributed by atoms with van der Waals surface area (Å²) in [7, 11) is 1.64. The summed E-state index contributed by atoms with van der Waals surface area (Å²) < 4.78 is 5.16. The molecule has 1 fully saturated rings. The van der Waals surface area contributed by atoms with E-state index in [0.29, 0.717) is 5.92 Å². The Hall–Kier alpha value is -1.58. The van der Waals surface area contributed by atoms with Crippen LogP contribution in [0.5, 0.6) is 5.75 Å². The molecule has 114 valence electrons. The van der Waals surface area contributed by atoms with Crippen LogP contribution in [0.3, 0.4) is 0 Å². The summed E-state index contributed by atoms with van der Waals surface area (Å²) in [5, 5.41) is 1.65. The maximum absolute atomic E-state index is 12.3. The summed E-state index contributed by atoms with van der Waals surface area (Å²) in [6, 6.07) is 11.9. The molecule has 1 aromatic carbocycles. The molecule has 1 heterocycles. The molecule has 0 bridgehead atoms. The average molecular weight is 333 g/mol. The predicted octanol–water partition coefficient (Wildman–Crippen LogP) is 4.89. The molecule has 2 unspecified atom stereocenters. The van der Waals surface area contributed by atoms with Crippen molar-refractivity contribution >= 4 is 34.8 Å². The van der Waals surface area contributed by atoms with Crippen molar-refractivity contribution in [3.05, 3.63) is 57.8 Å². The lowest BCUT2D eigenvalue weighted by Crippen LogP contribution is -2.26. The van der Waals surface area contributed by atoms with Gasteiger partial charge in [0.15, 0.2) is 5.78 Å². The normalized spacial score (nSPS) is 23.7. The highest BCUT2D eigenvalue weighted by Gasteiger charge is 2.32. The van der Waals surface area contributed by atoms with Crippen molar-refractivity contribution < 1.29 is 9.53 Å². The number of hydrogen-bond donors (Lipinski definition) is 0. The lowest BCUT2D eigenvalue weighted by atomic mass is 9.82. The van der Waals surface area contributed by atoms with Crippen LogP contribution in [-0.2, 0) is 4.79 Å². The van der Waals surface area contributed by atoms with Crippen molar-refractivity contribution in [3.63, 3.8) is 0 Å². The minimum Gasteiger partial charge on any atom is -0.497 e. The zero-order chi connectivity index (χ0) is 15.5. The number of alkyl halides is 1. The van der Waals surface area contributed by atoms with E-state index < -0.39 is 5.38 Å². The number of ketones is 1. The number of allylic oxidation sites excluding steroid dienone is 1. The molecule has 2 nitrogen and oxygen atoms in total. The molecule has 4 heteroatoms. The maximum Gasteiger partial charge on any atom is 0.176 e. The minimum atomic E-state index is -0.426. The summed E-state index contributed by atoms with van der Waals surface area (Å²) in [5.74, 6) is 1.21. The molecular formula is C18H17ClO2S. The summed E-state index contributed by atoms with van der Waals surface area (Å²) in [6.45, 7) is 0. The summed E-state index contributed by atoms with van der Waals surface area (Å²) in [5.41, 5.74) is 1.81. The van der Waals surface area contributed by atoms with Crippen molar-refractivity contribution in [1.29, 1.82) is 0 Å². The summed E-state index contributed by atoms with van der Waals surface area (Å²) in [4.78, 5) is 13.7. The SMILES string of the molecule is COc1ccc(C=C2CC(c3cccs3)CC(Cl)C2=O)cc1. The highest BCUT2D eigenvalue weighted by Crippen LogP contribution is 2.38. The number of ether oxygens (including phenoxy) is 1. The van der Waals surface area contributed by atoms with Crippen molar-refractivity contribution in [2.45, 2.75) is 24.1 Å². The van der Waals surface area contributed by atoms with E-state index in [2.05, 4.69) is 11.4 Å². The molecule has 0 radical (unpaired) electrons. The molecule has 1 saturated carbocycles. The zero-order valence-corrected chi connectivity index (χ0v) is 13.9. The van der Waals surface area contributed by atoms with Gasteiger partial charge in [-0.05, 0) is 59.6 Å². The smallest absolute Gasteiger partial charge is 0.176 e. The molecule has 2 atom stereocenters. The molecule has 0 N–H and O–H groups in total. The second-order valence-corrected chi connectivity index (χ2v) is 6.93. The number of thiophene rings is 1. The molecule has 1 aliphatic rings. The molecule has 3 rings (SSSR count). The number of methoxy groups -OCH3 is 1. The van der Waals surface area contributed by atoms with Crippen molar-refractivity contribution in [2.75, 3.05) is 7.11 Å². The van der Waals surface area contributed by atoms with Gasteiger partial charge in [0, 0.05) is 4.88 Å². The molecule has 2 aromatic rings. The fraction of sp³-hybridized carbons (Fsp3) is 0.278. The van der Waals surface area contributed by atoms with E-state index in [4.69, 9.17) is 16.3 Å². The lowest BCUT2D eigenvalue weighted by Gasteiger charge is -2.26. The van der Waals surface area contributed by atoms with Crippen molar-refractivity contribution in [1.82, 2.24) is 0 Å². The standard InChI is InChI=1S/C18H17ClO2S/c1-21-15-6-4-12(5-7-15)9-14-10-13(11-16(19)18(14)20)17-3-2-8-22-17/h2-9,13,16H,10-11H2,1H3. The van der Waals surface area contributed by atoms with Crippen LogP contribution in [0, 0.1) is 0 Å². The Labute approximate surface area is 139 Å².